The normalized spacial score (nSPS) is 23.2. The highest BCUT2D eigenvalue weighted by atomic mass is 16.2. The van der Waals surface area contributed by atoms with Crippen molar-refractivity contribution in [3.8, 4) is 0 Å². The van der Waals surface area contributed by atoms with E-state index in [-0.39, 0.29) is 5.91 Å². The highest BCUT2D eigenvalue weighted by Gasteiger charge is 2.31. The summed E-state index contributed by atoms with van der Waals surface area (Å²) >= 11 is 0. The molecule has 6 heteroatoms. The van der Waals surface area contributed by atoms with Crippen LogP contribution in [0.5, 0.6) is 0 Å². The summed E-state index contributed by atoms with van der Waals surface area (Å²) in [5.74, 6) is 0.0896. The Bertz CT molecular complexity index is 667. The number of carbonyl (C=O) groups excluding carboxylic acids is 1. The van der Waals surface area contributed by atoms with Gasteiger partial charge in [-0.05, 0) is 37.9 Å². The van der Waals surface area contributed by atoms with Crippen LogP contribution in [0.25, 0.3) is 5.52 Å². The molecule has 0 spiro atoms. The lowest BCUT2D eigenvalue weighted by atomic mass is 10.2. The number of fused-ring (bicyclic) bond motifs is 2. The lowest BCUT2D eigenvalue weighted by Crippen LogP contribution is -2.39. The summed E-state index contributed by atoms with van der Waals surface area (Å²) in [5.41, 5.74) is 1.45. The van der Waals surface area contributed by atoms with E-state index in [0.717, 1.165) is 31.6 Å². The molecule has 0 saturated carbocycles. The SMILES string of the molecule is O=C(c1cnn2ncccc12)N1CCCN2CCCC2C1. The molecule has 0 bridgehead atoms. The quantitative estimate of drug-likeness (QED) is 0.785. The molecule has 2 aromatic rings. The molecule has 1 atom stereocenters. The van der Waals surface area contributed by atoms with E-state index in [1.54, 1.807) is 12.4 Å². The van der Waals surface area contributed by atoms with Crippen LogP contribution in [-0.2, 0) is 0 Å². The molecule has 6 nitrogen and oxygen atoms in total. The van der Waals surface area contributed by atoms with Gasteiger partial charge in [0.1, 0.15) is 5.52 Å². The van der Waals surface area contributed by atoms with Crippen LogP contribution >= 0.6 is 0 Å². The molecule has 1 unspecified atom stereocenters. The molecule has 1 amide bonds. The lowest BCUT2D eigenvalue weighted by Gasteiger charge is -2.25. The molecule has 2 aromatic heterocycles. The van der Waals surface area contributed by atoms with Crippen molar-refractivity contribution >= 4 is 11.4 Å². The number of aromatic nitrogens is 3. The Hall–Kier alpha value is -1.95. The minimum atomic E-state index is 0.0896. The molecule has 21 heavy (non-hydrogen) atoms. The fraction of sp³-hybridized carbons (Fsp3) is 0.533. The summed E-state index contributed by atoms with van der Waals surface area (Å²) in [7, 11) is 0. The van der Waals surface area contributed by atoms with Gasteiger partial charge in [0.25, 0.3) is 5.91 Å². The zero-order valence-electron chi connectivity index (χ0n) is 12.0. The highest BCUT2D eigenvalue weighted by molar-refractivity contribution is 6.00. The fourth-order valence-corrected chi connectivity index (χ4v) is 3.56. The van der Waals surface area contributed by atoms with E-state index in [1.165, 1.54) is 24.0 Å². The van der Waals surface area contributed by atoms with Gasteiger partial charge in [-0.25, -0.2) is 0 Å². The smallest absolute Gasteiger partial charge is 0.257 e. The maximum Gasteiger partial charge on any atom is 0.257 e. The van der Waals surface area contributed by atoms with E-state index in [4.69, 9.17) is 0 Å². The molecule has 0 radical (unpaired) electrons. The molecule has 2 aliphatic rings. The van der Waals surface area contributed by atoms with Crippen LogP contribution in [0.4, 0.5) is 0 Å². The minimum Gasteiger partial charge on any atom is -0.337 e. The third-order valence-corrected chi connectivity index (χ3v) is 4.63. The Labute approximate surface area is 123 Å². The molecule has 0 N–H and O–H groups in total. The first-order valence-electron chi connectivity index (χ1n) is 7.65. The summed E-state index contributed by atoms with van der Waals surface area (Å²) in [4.78, 5) is 17.4. The van der Waals surface area contributed by atoms with Crippen molar-refractivity contribution in [3.05, 3.63) is 30.1 Å². The van der Waals surface area contributed by atoms with Crippen molar-refractivity contribution in [2.75, 3.05) is 26.2 Å². The second kappa shape index (κ2) is 5.11. The lowest BCUT2D eigenvalue weighted by molar-refractivity contribution is 0.0745. The zero-order valence-corrected chi connectivity index (χ0v) is 12.0. The standard InChI is InChI=1S/C15H19N5O/c21-15(13-10-17-20-14(13)5-1-6-16-20)19-9-3-8-18-7-2-4-12(18)11-19/h1,5-6,10,12H,2-4,7-9,11H2. The summed E-state index contributed by atoms with van der Waals surface area (Å²) < 4.78 is 1.52. The minimum absolute atomic E-state index is 0.0896. The zero-order chi connectivity index (χ0) is 14.2. The summed E-state index contributed by atoms with van der Waals surface area (Å²) in [5, 5.41) is 8.30. The van der Waals surface area contributed by atoms with Crippen molar-refractivity contribution < 1.29 is 4.79 Å². The number of carbonyl (C=O) groups is 1. The Morgan fingerprint density at radius 1 is 1.19 bits per heavy atom. The predicted molar refractivity (Wildman–Crippen MR) is 78.1 cm³/mol. The number of rotatable bonds is 1. The van der Waals surface area contributed by atoms with Gasteiger partial charge in [-0.2, -0.15) is 14.8 Å². The number of amides is 1. The maximum atomic E-state index is 12.8. The Balaban J connectivity index is 1.61. The number of hydrogen-bond donors (Lipinski definition) is 0. The predicted octanol–water partition coefficient (Wildman–Crippen LogP) is 1.04. The number of nitrogens with zero attached hydrogens (tertiary/aromatic N) is 5. The van der Waals surface area contributed by atoms with Crippen molar-refractivity contribution in [2.45, 2.75) is 25.3 Å². The van der Waals surface area contributed by atoms with Crippen LogP contribution in [-0.4, -0.2) is 62.8 Å². The van der Waals surface area contributed by atoms with Crippen LogP contribution in [0.1, 0.15) is 29.6 Å². The first-order chi connectivity index (χ1) is 10.3. The van der Waals surface area contributed by atoms with Crippen LogP contribution in [0.2, 0.25) is 0 Å². The van der Waals surface area contributed by atoms with E-state index in [9.17, 15) is 4.79 Å². The van der Waals surface area contributed by atoms with Crippen LogP contribution in [0.15, 0.2) is 24.5 Å². The van der Waals surface area contributed by atoms with Crippen molar-refractivity contribution in [3.63, 3.8) is 0 Å². The van der Waals surface area contributed by atoms with Crippen LogP contribution < -0.4 is 0 Å². The Morgan fingerprint density at radius 2 is 2.10 bits per heavy atom. The summed E-state index contributed by atoms with van der Waals surface area (Å²) in [6.07, 6.45) is 6.84. The Kier molecular flexibility index (Phi) is 3.11. The van der Waals surface area contributed by atoms with E-state index in [0.29, 0.717) is 11.6 Å². The maximum absolute atomic E-state index is 12.8. The summed E-state index contributed by atoms with van der Waals surface area (Å²) in [6.45, 7) is 3.98. The van der Waals surface area contributed by atoms with Crippen LogP contribution in [0.3, 0.4) is 0 Å². The second-order valence-electron chi connectivity index (χ2n) is 5.89. The Morgan fingerprint density at radius 3 is 3.05 bits per heavy atom. The first-order valence-corrected chi connectivity index (χ1v) is 7.65. The molecule has 2 fully saturated rings. The molecule has 0 aromatic carbocycles. The van der Waals surface area contributed by atoms with Crippen molar-refractivity contribution in [1.29, 1.82) is 0 Å². The van der Waals surface area contributed by atoms with E-state index < -0.39 is 0 Å². The molecule has 110 valence electrons. The van der Waals surface area contributed by atoms with Gasteiger partial charge in [0.05, 0.1) is 11.8 Å². The van der Waals surface area contributed by atoms with Gasteiger partial charge in [-0.3, -0.25) is 9.69 Å². The molecular formula is C15H19N5O. The van der Waals surface area contributed by atoms with Crippen molar-refractivity contribution in [2.24, 2.45) is 0 Å². The first kappa shape index (κ1) is 12.8. The van der Waals surface area contributed by atoms with Gasteiger partial charge in [0.15, 0.2) is 0 Å². The molecule has 2 aliphatic heterocycles. The van der Waals surface area contributed by atoms with Gasteiger partial charge in [-0.1, -0.05) is 0 Å². The second-order valence-corrected chi connectivity index (χ2v) is 5.89. The fourth-order valence-electron chi connectivity index (χ4n) is 3.56. The third kappa shape index (κ3) is 2.19. The van der Waals surface area contributed by atoms with Gasteiger partial charge >= 0.3 is 0 Å². The van der Waals surface area contributed by atoms with Gasteiger partial charge in [0, 0.05) is 31.9 Å². The molecule has 0 aliphatic carbocycles. The van der Waals surface area contributed by atoms with E-state index >= 15 is 0 Å². The number of hydrogen-bond acceptors (Lipinski definition) is 4. The average molecular weight is 285 g/mol. The van der Waals surface area contributed by atoms with Gasteiger partial charge in [-0.15, -0.1) is 0 Å². The molecule has 2 saturated heterocycles. The van der Waals surface area contributed by atoms with Gasteiger partial charge < -0.3 is 4.90 Å². The topological polar surface area (TPSA) is 53.7 Å². The molecule has 4 rings (SSSR count). The van der Waals surface area contributed by atoms with Gasteiger partial charge in [0.2, 0.25) is 0 Å². The van der Waals surface area contributed by atoms with E-state index in [2.05, 4.69) is 15.1 Å². The van der Waals surface area contributed by atoms with Crippen molar-refractivity contribution in [1.82, 2.24) is 24.6 Å². The average Bonchev–Trinajstić information content (AvgIpc) is 3.08. The van der Waals surface area contributed by atoms with E-state index in [1.807, 2.05) is 17.0 Å². The highest BCUT2D eigenvalue weighted by Crippen LogP contribution is 2.23. The van der Waals surface area contributed by atoms with Crippen LogP contribution in [0, 0.1) is 0 Å². The summed E-state index contributed by atoms with van der Waals surface area (Å²) in [6, 6.07) is 4.28. The monoisotopic (exact) mass is 285 g/mol. The molecular weight excluding hydrogens is 266 g/mol. The largest absolute Gasteiger partial charge is 0.337 e. The molecule has 4 heterocycles. The third-order valence-electron chi connectivity index (χ3n) is 4.63.